The number of urea groups is 5. The molecule has 150 heavy (non-hydrogen) atoms. The lowest BCUT2D eigenvalue weighted by atomic mass is 9.88. The zero-order valence-electron chi connectivity index (χ0n) is 81.9. The number of amides is 14. The molecule has 46 nitrogen and oxygen atoms in total. The number of nitrogens with two attached hydrogens (primary N) is 1. The molecule has 11 N–H and O–H groups in total. The summed E-state index contributed by atoms with van der Waals surface area (Å²) in [5, 5.41) is 38.5. The Morgan fingerprint density at radius 1 is 0.367 bits per heavy atom. The zero-order chi connectivity index (χ0) is 106. The summed E-state index contributed by atoms with van der Waals surface area (Å²) in [6.07, 6.45) is 12.5. The normalized spacial score (nSPS) is 23.3. The molecule has 0 aliphatic carbocycles. The summed E-state index contributed by atoms with van der Waals surface area (Å²) in [6, 6.07) is 41.0. The van der Waals surface area contributed by atoms with Gasteiger partial charge in [-0.2, -0.15) is 37.1 Å². The second-order valence-corrected chi connectivity index (χ2v) is 40.8. The lowest BCUT2D eigenvalue weighted by Crippen LogP contribution is -2.47. The third-order valence-corrected chi connectivity index (χ3v) is 29.9. The van der Waals surface area contributed by atoms with Gasteiger partial charge in [-0.1, -0.05) is 91.0 Å². The van der Waals surface area contributed by atoms with Crippen molar-refractivity contribution in [3.8, 4) is 0 Å². The van der Waals surface area contributed by atoms with E-state index in [1.807, 2.05) is 165 Å². The van der Waals surface area contributed by atoms with Crippen LogP contribution in [0.15, 0.2) is 152 Å². The van der Waals surface area contributed by atoms with Gasteiger partial charge >= 0.3 is 56.9 Å². The summed E-state index contributed by atoms with van der Waals surface area (Å²) in [5.41, 5.74) is 22.9. The van der Waals surface area contributed by atoms with Gasteiger partial charge in [-0.3, -0.25) is 43.2 Å². The Hall–Kier alpha value is -13.6. The number of nitrogens with zero attached hydrogens (tertiary/aromatic N) is 14. The standard InChI is InChI=1S/C24H26BN4O4.C17H20BN4O7S.C17H20BN4O4.C16H20N4O6S.C14H16N2O4.C10H12BN2O/c30-16-25-27-11-10-18-12-20(7-6-19(18)13-27)26-23(31)22-9-8-21-14-28(22)24(32)29(21)33-15-17-4-2-1-3-5-17;23-10-18-20-6-5-11-7-13(2-1-12(11)8-20)19-16(24)15-4-3-14-9-21(15)17(25)22(14)29-30(26,27)28;23-10-18-20-6-5-11-7-13(2-1-12(11)8-20)19-16(24)15-4-3-14-9-21(15)17(25)22(14)26;21-15(18-12-2-1-11-8-17-6-5-10(11)7-12)14-4-3-13-9-19(14)16(22)20(13)26-27(23,24)25;17-13(18)12-7-6-11-8-15(12)14(19)16(11)20-9-10-4-2-1-3-5-10;12-10-2-1-9-6-13(11-7-14)4-3-8(9)5-10/h1-7,12,16,21-22H,8-11,13-15H2,(H,26,31);1-2,7,10,14-15H,3-6,8-9H2,(H,19,24)(H,26,27,28);1-2,7,10,14-15,26H,3-6,8-9H2,(H,19,24);1-2,7,13-14,17H,3-6,8-9H2,(H,18,21)(H,23,24,25);1-5,11-12H,6-9H2,(H,17,18);1-2,5,7H,3-4,6,12H2/t21-,22+;2*14-,15+;13-,14+;11-,12+;/m11111./s1. The molecular formula is C98H114B4N20O26S2. The van der Waals surface area contributed by atoms with Gasteiger partial charge in [0.05, 0.1) is 55.0 Å². The van der Waals surface area contributed by atoms with Crippen LogP contribution < -0.4 is 32.3 Å². The Kier molecular flexibility index (Phi) is 34.6. The highest BCUT2D eigenvalue weighted by Gasteiger charge is 2.54. The van der Waals surface area contributed by atoms with Crippen LogP contribution in [0.1, 0.15) is 131 Å². The second-order valence-electron chi connectivity index (χ2n) is 38.8. The van der Waals surface area contributed by atoms with Crippen molar-refractivity contribution in [3.63, 3.8) is 0 Å². The van der Waals surface area contributed by atoms with E-state index in [4.69, 9.17) is 29.6 Å². The Labute approximate surface area is 868 Å². The minimum absolute atomic E-state index is 0.0277. The van der Waals surface area contributed by atoms with Crippen LogP contribution in [0.4, 0.5) is 52.4 Å². The van der Waals surface area contributed by atoms with Gasteiger partial charge in [0, 0.05) is 93.9 Å². The summed E-state index contributed by atoms with van der Waals surface area (Å²) < 4.78 is 70.2. The molecule has 4 radical (unpaired) electrons. The average molecular weight is 2100 g/mol. The average Bonchev–Trinajstić information content (AvgIpc) is 1.67. The third kappa shape index (κ3) is 26.0. The number of anilines is 5. The fraction of sp³-hybridized carbons (Fsp3) is 0.429. The van der Waals surface area contributed by atoms with E-state index in [1.165, 1.54) is 65.0 Å². The first-order valence-electron chi connectivity index (χ1n) is 49.7. The molecule has 0 aromatic heterocycles. The van der Waals surface area contributed by atoms with Gasteiger partial charge in [-0.05, 0) is 256 Å². The number of carbonyl (C=O) groups excluding carboxylic acids is 13. The number of carboxylic acids is 1. The fourth-order valence-corrected chi connectivity index (χ4v) is 22.3. The SMILES string of the molecule is Nc1ccc2c(c1)CCN([B]C=O)C2.O=C(Nc1ccc2c(c1)CCNC2)[C@@H]1CC[C@@H]2CN1C(=O)N2OS(=O)(=O)O.O=C(O)[C@@H]1CC[C@@H]2CN1C(=O)N2OCc1ccccc1.O=C[B]N1CCc2cc(NC(=O)[C@@H]3CC[C@@H]4CN3C(=O)N4O)ccc2C1.O=C[B]N1CCc2cc(NC(=O)[C@@H]3CC[C@@H]4CN3C(=O)N4OCc3ccccc3)ccc2C1.O=C[B]N1CCc2cc(NC(=O)[C@@H]3CC[C@@H]4CN3C(=O)N4OS(=O)(=O)O)ccc2C1. The summed E-state index contributed by atoms with van der Waals surface area (Å²) in [7, 11) is -3.41. The lowest BCUT2D eigenvalue weighted by molar-refractivity contribution is -0.143. The Balaban J connectivity index is 0.000000124. The molecule has 14 amide bonds. The highest BCUT2D eigenvalue weighted by Crippen LogP contribution is 2.39. The van der Waals surface area contributed by atoms with E-state index < -0.39 is 87.2 Å². The van der Waals surface area contributed by atoms with E-state index in [0.717, 1.165) is 158 Å². The molecule has 0 saturated carbocycles. The number of carboxylic acid groups (broad SMARTS) is 1. The van der Waals surface area contributed by atoms with Crippen molar-refractivity contribution in [1.29, 1.82) is 0 Å². The molecule has 15 aliphatic heterocycles. The predicted octanol–water partition coefficient (Wildman–Crippen LogP) is 4.62. The van der Waals surface area contributed by atoms with E-state index in [2.05, 4.69) is 35.2 Å². The number of fused-ring (bicyclic) bond motifs is 15. The van der Waals surface area contributed by atoms with Crippen LogP contribution in [0.5, 0.6) is 0 Å². The summed E-state index contributed by atoms with van der Waals surface area (Å²) in [4.78, 5) is 193. The molecule has 15 heterocycles. The first-order valence-corrected chi connectivity index (χ1v) is 52.4. The number of rotatable bonds is 27. The number of nitrogens with one attached hydrogen (secondary N) is 5. The number of nitrogen functional groups attached to an aromatic ring is 1. The van der Waals surface area contributed by atoms with E-state index in [0.29, 0.717) is 144 Å². The second kappa shape index (κ2) is 48.1. The molecule has 52 heteroatoms. The van der Waals surface area contributed by atoms with Crippen LogP contribution in [0.3, 0.4) is 0 Å². The van der Waals surface area contributed by atoms with E-state index in [9.17, 15) is 89.2 Å². The molecular weight excluding hydrogens is 1980 g/mol. The van der Waals surface area contributed by atoms with Crippen LogP contribution in [0, 0.1) is 0 Å². The van der Waals surface area contributed by atoms with E-state index in [1.54, 1.807) is 33.2 Å². The number of hydrogen-bond acceptors (Lipinski definition) is 29. The van der Waals surface area contributed by atoms with Crippen molar-refractivity contribution < 1.29 is 122 Å². The maximum Gasteiger partial charge on any atom is 0.418 e. The van der Waals surface area contributed by atoms with Gasteiger partial charge in [0.2, 0.25) is 23.6 Å². The molecule has 10 fully saturated rings. The van der Waals surface area contributed by atoms with Crippen molar-refractivity contribution in [1.82, 2.24) is 74.4 Å². The molecule has 10 saturated heterocycles. The Morgan fingerprint density at radius 3 is 1.01 bits per heavy atom. The monoisotopic (exact) mass is 2090 g/mol. The molecule has 0 spiro atoms. The van der Waals surface area contributed by atoms with Crippen molar-refractivity contribution >= 4 is 163 Å². The summed E-state index contributed by atoms with van der Waals surface area (Å²) >= 11 is 0. The molecule has 10 bridgehead atoms. The van der Waals surface area contributed by atoms with Crippen LogP contribution in [-0.2, 0) is 160 Å². The highest BCUT2D eigenvalue weighted by atomic mass is 32.3. The fourth-order valence-electron chi connectivity index (χ4n) is 21.6. The van der Waals surface area contributed by atoms with Gasteiger partial charge in [0.25, 0.3) is 29.7 Å². The first-order chi connectivity index (χ1) is 72.2. The van der Waals surface area contributed by atoms with Crippen LogP contribution >= 0.6 is 0 Å². The maximum atomic E-state index is 13.1. The van der Waals surface area contributed by atoms with Gasteiger partial charge in [-0.25, -0.2) is 33.8 Å². The maximum absolute atomic E-state index is 13.1. The lowest BCUT2D eigenvalue weighted by Gasteiger charge is -2.30. The first kappa shape index (κ1) is 108. The molecule has 22 rings (SSSR count). The largest absolute Gasteiger partial charge is 0.480 e. The topological polar surface area (TPSA) is 557 Å². The predicted molar refractivity (Wildman–Crippen MR) is 544 cm³/mol. The Morgan fingerprint density at radius 2 is 0.660 bits per heavy atom. The quantitative estimate of drug-likeness (QED) is 0.0110. The molecule has 7 aromatic rings. The number of benzene rings is 7. The van der Waals surface area contributed by atoms with Gasteiger partial charge in [0.1, 0.15) is 43.4 Å². The van der Waals surface area contributed by atoms with E-state index >= 15 is 0 Å². The number of hydrogen-bond donors (Lipinski definition) is 10. The molecule has 0 unspecified atom stereocenters. The smallest absolute Gasteiger partial charge is 0.418 e. The minimum Gasteiger partial charge on any atom is -0.480 e. The zero-order valence-corrected chi connectivity index (χ0v) is 83.5. The van der Waals surface area contributed by atoms with Crippen LogP contribution in [-0.4, -0.2) is 345 Å². The highest BCUT2D eigenvalue weighted by molar-refractivity contribution is 7.81. The molecule has 15 aliphatic rings. The van der Waals surface area contributed by atoms with Crippen molar-refractivity contribution in [2.24, 2.45) is 0 Å². The number of hydroxylamine groups is 10. The summed E-state index contributed by atoms with van der Waals surface area (Å²) in [6.45, 7) is 9.91. The third-order valence-electron chi connectivity index (χ3n) is 29.2. The van der Waals surface area contributed by atoms with Crippen LogP contribution in [0.2, 0.25) is 0 Å². The van der Waals surface area contributed by atoms with Gasteiger partial charge < -0.3 is 100 Å². The van der Waals surface area contributed by atoms with Gasteiger partial charge in [-0.15, -0.1) is 8.57 Å². The van der Waals surface area contributed by atoms with Crippen molar-refractivity contribution in [2.45, 2.75) is 203 Å². The van der Waals surface area contributed by atoms with Crippen molar-refractivity contribution in [3.05, 3.63) is 218 Å². The van der Waals surface area contributed by atoms with Gasteiger partial charge in [0.15, 0.2) is 0 Å². The summed E-state index contributed by atoms with van der Waals surface area (Å²) in [5.74, 6) is -2.04. The Bertz CT molecular complexity index is 6490. The number of piperidine rings is 5. The molecule has 10 atom stereocenters. The van der Waals surface area contributed by atoms with Crippen molar-refractivity contribution in [2.75, 3.05) is 92.4 Å². The molecule has 786 valence electrons. The van der Waals surface area contributed by atoms with E-state index in [-0.39, 0.29) is 66.9 Å². The van der Waals surface area contributed by atoms with Crippen LogP contribution in [0.25, 0.3) is 0 Å². The number of aliphatic carboxylic acids is 1. The number of carbonyl (C=O) groups is 14. The minimum atomic E-state index is -4.83. The molecule has 7 aromatic carbocycles.